The van der Waals surface area contributed by atoms with E-state index in [9.17, 15) is 14.9 Å². The van der Waals surface area contributed by atoms with Gasteiger partial charge in [-0.05, 0) is 18.2 Å². The van der Waals surface area contributed by atoms with Crippen molar-refractivity contribution in [3.05, 3.63) is 63.7 Å². The number of rotatable bonds is 4. The average molecular weight is 312 g/mol. The number of methoxy groups -OCH3 is 1. The second-order valence-corrected chi connectivity index (χ2v) is 4.81. The molecule has 3 aromatic rings. The maximum atomic E-state index is 12.7. The molecule has 0 aliphatic heterocycles. The molecule has 1 aromatic heterocycles. The van der Waals surface area contributed by atoms with Gasteiger partial charge < -0.3 is 14.9 Å². The van der Waals surface area contributed by atoms with Crippen molar-refractivity contribution in [1.82, 2.24) is 0 Å². The van der Waals surface area contributed by atoms with E-state index in [1.165, 1.54) is 31.4 Å². The molecule has 0 aliphatic rings. The number of nitrogen functional groups attached to an aromatic ring is 1. The van der Waals surface area contributed by atoms with Crippen LogP contribution < -0.4 is 10.5 Å². The van der Waals surface area contributed by atoms with Gasteiger partial charge >= 0.3 is 0 Å². The molecule has 7 heteroatoms. The molecule has 0 aliphatic carbocycles. The molecule has 3 rings (SSSR count). The first-order valence-corrected chi connectivity index (χ1v) is 6.67. The number of hydrogen-bond donors (Lipinski definition) is 1. The molecule has 116 valence electrons. The van der Waals surface area contributed by atoms with Crippen LogP contribution in [0.5, 0.6) is 5.75 Å². The number of ketones is 1. The number of hydrogen-bond acceptors (Lipinski definition) is 6. The van der Waals surface area contributed by atoms with Crippen LogP contribution in [0.3, 0.4) is 0 Å². The van der Waals surface area contributed by atoms with Crippen LogP contribution in [-0.4, -0.2) is 17.8 Å². The van der Waals surface area contributed by atoms with Crippen molar-refractivity contribution < 1.29 is 18.9 Å². The van der Waals surface area contributed by atoms with Crippen LogP contribution in [-0.2, 0) is 0 Å². The first-order valence-electron chi connectivity index (χ1n) is 6.67. The van der Waals surface area contributed by atoms with Crippen LogP contribution in [0, 0.1) is 10.1 Å². The number of non-ortho nitro benzene ring substituents is 1. The van der Waals surface area contributed by atoms with E-state index >= 15 is 0 Å². The van der Waals surface area contributed by atoms with Crippen molar-refractivity contribution in [2.24, 2.45) is 0 Å². The number of carbonyl (C=O) groups excluding carboxylic acids is 1. The molecule has 1 heterocycles. The molecule has 0 radical (unpaired) electrons. The molecule has 2 aromatic carbocycles. The molecule has 2 N–H and O–H groups in total. The quantitative estimate of drug-likeness (QED) is 0.450. The lowest BCUT2D eigenvalue weighted by molar-refractivity contribution is -0.384. The number of nitro benzene ring substituents is 1. The maximum absolute atomic E-state index is 12.7. The highest BCUT2D eigenvalue weighted by Gasteiger charge is 2.22. The number of nitro groups is 1. The van der Waals surface area contributed by atoms with E-state index in [1.807, 2.05) is 0 Å². The molecule has 0 saturated carbocycles. The molecule has 0 atom stereocenters. The van der Waals surface area contributed by atoms with Crippen LogP contribution in [0.2, 0.25) is 0 Å². The van der Waals surface area contributed by atoms with Gasteiger partial charge in [0.25, 0.3) is 5.69 Å². The molecule has 0 saturated heterocycles. The number of nitrogens with zero attached hydrogens (tertiary/aromatic N) is 1. The van der Waals surface area contributed by atoms with Gasteiger partial charge in [-0.1, -0.05) is 12.1 Å². The summed E-state index contributed by atoms with van der Waals surface area (Å²) in [5, 5.41) is 11.2. The Bertz CT molecular complexity index is 912. The van der Waals surface area contributed by atoms with Crippen molar-refractivity contribution in [1.29, 1.82) is 0 Å². The maximum Gasteiger partial charge on any atom is 0.269 e. The van der Waals surface area contributed by atoms with E-state index < -0.39 is 4.92 Å². The highest BCUT2D eigenvalue weighted by molar-refractivity contribution is 6.19. The number of carbonyl (C=O) groups is 1. The van der Waals surface area contributed by atoms with Crippen LogP contribution in [0.15, 0.2) is 46.9 Å². The highest BCUT2D eigenvalue weighted by atomic mass is 16.6. The summed E-state index contributed by atoms with van der Waals surface area (Å²) in [4.78, 5) is 22.8. The van der Waals surface area contributed by atoms with E-state index in [4.69, 9.17) is 14.9 Å². The minimum atomic E-state index is -0.527. The largest absolute Gasteiger partial charge is 0.493 e. The summed E-state index contributed by atoms with van der Waals surface area (Å²) >= 11 is 0. The Labute approximate surface area is 130 Å². The van der Waals surface area contributed by atoms with Crippen LogP contribution in [0.25, 0.3) is 11.0 Å². The van der Waals surface area contributed by atoms with E-state index in [2.05, 4.69) is 0 Å². The Balaban J connectivity index is 2.11. The molecule has 0 spiro atoms. The van der Waals surface area contributed by atoms with Gasteiger partial charge in [0.1, 0.15) is 0 Å². The topological polar surface area (TPSA) is 109 Å². The first kappa shape index (κ1) is 14.6. The number of nitrogens with two attached hydrogens (primary N) is 1. The molecule has 0 amide bonds. The highest BCUT2D eigenvalue weighted by Crippen LogP contribution is 2.35. The number of fused-ring (bicyclic) bond motifs is 1. The Morgan fingerprint density at radius 2 is 1.91 bits per heavy atom. The minimum absolute atomic E-state index is 0.0205. The molecule has 0 unspecified atom stereocenters. The van der Waals surface area contributed by atoms with Crippen molar-refractivity contribution in [3.8, 4) is 5.75 Å². The number of para-hydroxylation sites is 1. The molecule has 0 bridgehead atoms. The van der Waals surface area contributed by atoms with Gasteiger partial charge in [0.15, 0.2) is 17.1 Å². The Kier molecular flexibility index (Phi) is 3.46. The molecular formula is C16H12N2O5. The average Bonchev–Trinajstić information content (AvgIpc) is 2.90. The molecular weight excluding hydrogens is 300 g/mol. The summed E-state index contributed by atoms with van der Waals surface area (Å²) in [5.41, 5.74) is 6.64. The molecule has 0 fully saturated rings. The second-order valence-electron chi connectivity index (χ2n) is 4.81. The predicted molar refractivity (Wildman–Crippen MR) is 83.7 cm³/mol. The first-order chi connectivity index (χ1) is 11.0. The van der Waals surface area contributed by atoms with E-state index in [0.717, 1.165) is 0 Å². The van der Waals surface area contributed by atoms with Gasteiger partial charge in [0.2, 0.25) is 5.88 Å². The predicted octanol–water partition coefficient (Wildman–Crippen LogP) is 3.16. The zero-order chi connectivity index (χ0) is 16.6. The fourth-order valence-corrected chi connectivity index (χ4v) is 2.39. The van der Waals surface area contributed by atoms with Crippen LogP contribution in [0.4, 0.5) is 11.6 Å². The van der Waals surface area contributed by atoms with E-state index in [1.54, 1.807) is 18.2 Å². The van der Waals surface area contributed by atoms with Crippen LogP contribution in [0.1, 0.15) is 15.9 Å². The lowest BCUT2D eigenvalue weighted by Gasteiger charge is -2.01. The Hall–Kier alpha value is -3.35. The number of anilines is 1. The number of furan rings is 1. The van der Waals surface area contributed by atoms with Gasteiger partial charge in [-0.15, -0.1) is 0 Å². The third-order valence-corrected chi connectivity index (χ3v) is 3.49. The van der Waals surface area contributed by atoms with E-state index in [0.29, 0.717) is 16.7 Å². The van der Waals surface area contributed by atoms with Crippen LogP contribution >= 0.6 is 0 Å². The summed E-state index contributed by atoms with van der Waals surface area (Å²) in [6.07, 6.45) is 0. The number of benzene rings is 2. The van der Waals surface area contributed by atoms with Crippen molar-refractivity contribution in [3.63, 3.8) is 0 Å². The lowest BCUT2D eigenvalue weighted by Crippen LogP contribution is -2.03. The third-order valence-electron chi connectivity index (χ3n) is 3.49. The van der Waals surface area contributed by atoms with Gasteiger partial charge in [-0.25, -0.2) is 0 Å². The second kappa shape index (κ2) is 5.45. The molecule has 7 nitrogen and oxygen atoms in total. The summed E-state index contributed by atoms with van der Waals surface area (Å²) in [7, 11) is 1.49. The van der Waals surface area contributed by atoms with E-state index in [-0.39, 0.29) is 28.5 Å². The van der Waals surface area contributed by atoms with Crippen molar-refractivity contribution >= 4 is 28.3 Å². The Morgan fingerprint density at radius 1 is 1.22 bits per heavy atom. The SMILES string of the molecule is COc1cccc2c(C(=O)c3ccc([N+](=O)[O-])cc3)c(N)oc12. The third kappa shape index (κ3) is 2.38. The number of ether oxygens (including phenoxy) is 1. The van der Waals surface area contributed by atoms with Gasteiger partial charge in [-0.2, -0.15) is 0 Å². The minimum Gasteiger partial charge on any atom is -0.493 e. The van der Waals surface area contributed by atoms with Gasteiger partial charge in [0, 0.05) is 23.1 Å². The van der Waals surface area contributed by atoms with Crippen molar-refractivity contribution in [2.75, 3.05) is 12.8 Å². The normalized spacial score (nSPS) is 10.7. The fraction of sp³-hybridized carbons (Fsp3) is 0.0625. The summed E-state index contributed by atoms with van der Waals surface area (Å²) in [6, 6.07) is 10.4. The Morgan fingerprint density at radius 3 is 2.52 bits per heavy atom. The standard InChI is InChI=1S/C16H12N2O5/c1-22-12-4-2-3-11-13(16(17)23-15(11)12)14(19)9-5-7-10(8-6-9)18(20)21/h2-8H,17H2,1H3. The van der Waals surface area contributed by atoms with Crippen molar-refractivity contribution in [2.45, 2.75) is 0 Å². The summed E-state index contributed by atoms with van der Waals surface area (Å²) in [6.45, 7) is 0. The summed E-state index contributed by atoms with van der Waals surface area (Å²) in [5.74, 6) is 0.0780. The summed E-state index contributed by atoms with van der Waals surface area (Å²) < 4.78 is 10.6. The lowest BCUT2D eigenvalue weighted by atomic mass is 10.0. The zero-order valence-corrected chi connectivity index (χ0v) is 12.1. The van der Waals surface area contributed by atoms with Gasteiger partial charge in [-0.3, -0.25) is 14.9 Å². The molecule has 23 heavy (non-hydrogen) atoms. The van der Waals surface area contributed by atoms with Gasteiger partial charge in [0.05, 0.1) is 17.6 Å². The smallest absolute Gasteiger partial charge is 0.269 e. The monoisotopic (exact) mass is 312 g/mol. The fourth-order valence-electron chi connectivity index (χ4n) is 2.39. The zero-order valence-electron chi connectivity index (χ0n) is 12.1.